The number of ether oxygens (including phenoxy) is 2. The van der Waals surface area contributed by atoms with Crippen molar-refractivity contribution in [3.63, 3.8) is 0 Å². The smallest absolute Gasteiger partial charge is 0.193 e. The van der Waals surface area contributed by atoms with Crippen LogP contribution in [0, 0.1) is 6.92 Å². The molecule has 1 unspecified atom stereocenters. The molecule has 1 atom stereocenters. The first kappa shape index (κ1) is 14.3. The molecule has 1 heterocycles. The average molecular weight is 297 g/mol. The molecule has 3 rings (SSSR count). The van der Waals surface area contributed by atoms with Crippen LogP contribution in [0.2, 0.25) is 0 Å². The molecule has 22 heavy (non-hydrogen) atoms. The van der Waals surface area contributed by atoms with Crippen molar-refractivity contribution in [2.45, 2.75) is 13.0 Å². The maximum atomic E-state index is 5.91. The van der Waals surface area contributed by atoms with Gasteiger partial charge in [-0.2, -0.15) is 0 Å². The van der Waals surface area contributed by atoms with E-state index in [0.717, 1.165) is 17.2 Å². The third-order valence-electron chi connectivity index (χ3n) is 3.32. The van der Waals surface area contributed by atoms with E-state index in [1.807, 2.05) is 55.5 Å². The van der Waals surface area contributed by atoms with Crippen molar-refractivity contribution in [3.05, 3.63) is 54.1 Å². The molecule has 0 saturated carbocycles. The molecule has 0 aliphatic carbocycles. The van der Waals surface area contributed by atoms with Crippen molar-refractivity contribution in [2.75, 3.05) is 18.5 Å². The summed E-state index contributed by atoms with van der Waals surface area (Å²) in [6.45, 7) is 2.94. The highest BCUT2D eigenvalue weighted by molar-refractivity contribution is 5.92. The zero-order valence-electron chi connectivity index (χ0n) is 12.5. The Morgan fingerprint density at radius 3 is 2.86 bits per heavy atom. The van der Waals surface area contributed by atoms with E-state index in [1.54, 1.807) is 0 Å². The van der Waals surface area contributed by atoms with Gasteiger partial charge in [-0.1, -0.05) is 24.3 Å². The van der Waals surface area contributed by atoms with Gasteiger partial charge in [-0.15, -0.1) is 0 Å². The van der Waals surface area contributed by atoms with E-state index < -0.39 is 0 Å². The number of hydrogen-bond donors (Lipinski definition) is 2. The van der Waals surface area contributed by atoms with Crippen LogP contribution in [0.3, 0.4) is 0 Å². The number of guanidine groups is 1. The van der Waals surface area contributed by atoms with Crippen molar-refractivity contribution in [1.29, 1.82) is 0 Å². The largest absolute Gasteiger partial charge is 0.486 e. The minimum atomic E-state index is -0.132. The predicted molar refractivity (Wildman–Crippen MR) is 87.6 cm³/mol. The van der Waals surface area contributed by atoms with Gasteiger partial charge in [0.2, 0.25) is 0 Å². The van der Waals surface area contributed by atoms with Gasteiger partial charge in [0.1, 0.15) is 6.61 Å². The van der Waals surface area contributed by atoms with Gasteiger partial charge in [0.05, 0.1) is 6.54 Å². The standard InChI is InChI=1S/C17H19N3O2/c1-12-5-4-6-13(9-12)20-17(18)19-10-14-11-21-15-7-2-3-8-16(15)22-14/h2-9,14H,10-11H2,1H3,(H3,18,19,20). The van der Waals surface area contributed by atoms with Crippen LogP contribution < -0.4 is 20.5 Å². The molecule has 0 spiro atoms. The van der Waals surface area contributed by atoms with Gasteiger partial charge < -0.3 is 20.5 Å². The van der Waals surface area contributed by atoms with Crippen LogP contribution in [-0.2, 0) is 0 Å². The van der Waals surface area contributed by atoms with E-state index >= 15 is 0 Å². The summed E-state index contributed by atoms with van der Waals surface area (Å²) in [6, 6.07) is 15.6. The fourth-order valence-electron chi connectivity index (χ4n) is 2.26. The number of para-hydroxylation sites is 2. The molecule has 0 radical (unpaired) electrons. The Bertz CT molecular complexity index is 685. The van der Waals surface area contributed by atoms with Crippen molar-refractivity contribution < 1.29 is 9.47 Å². The third-order valence-corrected chi connectivity index (χ3v) is 3.32. The second-order valence-corrected chi connectivity index (χ2v) is 5.22. The van der Waals surface area contributed by atoms with E-state index in [9.17, 15) is 0 Å². The Morgan fingerprint density at radius 2 is 2.05 bits per heavy atom. The average Bonchev–Trinajstić information content (AvgIpc) is 2.53. The molecular formula is C17H19N3O2. The Kier molecular flexibility index (Phi) is 4.14. The van der Waals surface area contributed by atoms with Crippen LogP contribution in [0.25, 0.3) is 0 Å². The predicted octanol–water partition coefficient (Wildman–Crippen LogP) is 2.56. The number of aliphatic imine (C=N–C) groups is 1. The number of hydrogen-bond acceptors (Lipinski definition) is 3. The lowest BCUT2D eigenvalue weighted by Gasteiger charge is -2.25. The van der Waals surface area contributed by atoms with Crippen LogP contribution >= 0.6 is 0 Å². The third kappa shape index (κ3) is 3.49. The fourth-order valence-corrected chi connectivity index (χ4v) is 2.26. The molecule has 0 aromatic heterocycles. The molecule has 0 bridgehead atoms. The number of nitrogens with two attached hydrogens (primary N) is 1. The van der Waals surface area contributed by atoms with Crippen molar-refractivity contribution in [1.82, 2.24) is 0 Å². The number of benzene rings is 2. The first-order valence-electron chi connectivity index (χ1n) is 7.23. The van der Waals surface area contributed by atoms with Crippen LogP contribution in [0.15, 0.2) is 53.5 Å². The quantitative estimate of drug-likeness (QED) is 0.675. The van der Waals surface area contributed by atoms with Crippen molar-refractivity contribution >= 4 is 11.6 Å². The molecule has 0 saturated heterocycles. The molecule has 0 fully saturated rings. The normalized spacial score (nSPS) is 17.1. The highest BCUT2D eigenvalue weighted by Gasteiger charge is 2.20. The fraction of sp³-hybridized carbons (Fsp3) is 0.235. The van der Waals surface area contributed by atoms with Crippen LogP contribution in [-0.4, -0.2) is 25.2 Å². The number of aryl methyl sites for hydroxylation is 1. The molecular weight excluding hydrogens is 278 g/mol. The Labute approximate surface area is 129 Å². The summed E-state index contributed by atoms with van der Waals surface area (Å²) in [5, 5.41) is 3.07. The summed E-state index contributed by atoms with van der Waals surface area (Å²) in [5.74, 6) is 1.89. The van der Waals surface area contributed by atoms with E-state index in [1.165, 1.54) is 5.56 Å². The topological polar surface area (TPSA) is 68.9 Å². The molecule has 114 valence electrons. The van der Waals surface area contributed by atoms with Crippen LogP contribution in [0.5, 0.6) is 11.5 Å². The number of anilines is 1. The summed E-state index contributed by atoms with van der Waals surface area (Å²) in [6.07, 6.45) is -0.132. The summed E-state index contributed by atoms with van der Waals surface area (Å²) in [7, 11) is 0. The maximum Gasteiger partial charge on any atom is 0.193 e. The van der Waals surface area contributed by atoms with E-state index in [4.69, 9.17) is 15.2 Å². The molecule has 2 aromatic rings. The lowest BCUT2D eigenvalue weighted by atomic mass is 10.2. The van der Waals surface area contributed by atoms with E-state index in [-0.39, 0.29) is 6.10 Å². The summed E-state index contributed by atoms with van der Waals surface area (Å²) < 4.78 is 11.5. The van der Waals surface area contributed by atoms with Gasteiger partial charge in [-0.25, -0.2) is 4.99 Å². The second-order valence-electron chi connectivity index (χ2n) is 5.22. The maximum absolute atomic E-state index is 5.91. The highest BCUT2D eigenvalue weighted by atomic mass is 16.6. The molecule has 0 amide bonds. The number of nitrogens with zero attached hydrogens (tertiary/aromatic N) is 1. The summed E-state index contributed by atoms with van der Waals surface area (Å²) in [5.41, 5.74) is 8.00. The van der Waals surface area contributed by atoms with Gasteiger partial charge in [-0.3, -0.25) is 0 Å². The highest BCUT2D eigenvalue weighted by Crippen LogP contribution is 2.30. The van der Waals surface area contributed by atoms with Gasteiger partial charge >= 0.3 is 0 Å². The monoisotopic (exact) mass is 297 g/mol. The molecule has 5 nitrogen and oxygen atoms in total. The minimum absolute atomic E-state index is 0.132. The van der Waals surface area contributed by atoms with Gasteiger partial charge in [0.25, 0.3) is 0 Å². The Balaban J connectivity index is 1.58. The molecule has 1 aliphatic heterocycles. The van der Waals surface area contributed by atoms with Crippen molar-refractivity contribution in [2.24, 2.45) is 10.7 Å². The zero-order chi connectivity index (χ0) is 15.4. The summed E-state index contributed by atoms with van der Waals surface area (Å²) in [4.78, 5) is 4.32. The lowest BCUT2D eigenvalue weighted by Crippen LogP contribution is -2.33. The van der Waals surface area contributed by atoms with Crippen LogP contribution in [0.1, 0.15) is 5.56 Å². The summed E-state index contributed by atoms with van der Waals surface area (Å²) >= 11 is 0. The van der Waals surface area contributed by atoms with E-state index in [0.29, 0.717) is 19.1 Å². The lowest BCUT2D eigenvalue weighted by molar-refractivity contribution is 0.0972. The number of rotatable bonds is 3. The van der Waals surface area contributed by atoms with E-state index in [2.05, 4.69) is 10.3 Å². The van der Waals surface area contributed by atoms with Gasteiger partial charge in [0, 0.05) is 5.69 Å². The Morgan fingerprint density at radius 1 is 1.23 bits per heavy atom. The van der Waals surface area contributed by atoms with Crippen LogP contribution in [0.4, 0.5) is 5.69 Å². The van der Waals surface area contributed by atoms with Gasteiger partial charge in [0.15, 0.2) is 23.6 Å². The number of nitrogens with one attached hydrogen (secondary N) is 1. The SMILES string of the molecule is Cc1cccc(NC(N)=NCC2COc3ccccc3O2)c1. The van der Waals surface area contributed by atoms with Gasteiger partial charge in [-0.05, 0) is 36.8 Å². The number of fused-ring (bicyclic) bond motifs is 1. The molecule has 3 N–H and O–H groups in total. The first-order valence-corrected chi connectivity index (χ1v) is 7.23. The zero-order valence-corrected chi connectivity index (χ0v) is 12.5. The molecule has 2 aromatic carbocycles. The molecule has 5 heteroatoms. The van der Waals surface area contributed by atoms with Crippen molar-refractivity contribution in [3.8, 4) is 11.5 Å². The Hall–Kier alpha value is -2.69. The second kappa shape index (κ2) is 6.39. The minimum Gasteiger partial charge on any atom is -0.486 e. The first-order chi connectivity index (χ1) is 10.7. The molecule has 1 aliphatic rings.